The fourth-order valence-corrected chi connectivity index (χ4v) is 2.14. The van der Waals surface area contributed by atoms with Gasteiger partial charge < -0.3 is 9.66 Å². The van der Waals surface area contributed by atoms with Crippen LogP contribution in [0.1, 0.15) is 58.3 Å². The van der Waals surface area contributed by atoms with Crippen LogP contribution in [0.25, 0.3) is 0 Å². The Labute approximate surface area is 148 Å². The summed E-state index contributed by atoms with van der Waals surface area (Å²) in [7, 11) is -4.11. The van der Waals surface area contributed by atoms with Gasteiger partial charge in [0.1, 0.15) is 0 Å². The summed E-state index contributed by atoms with van der Waals surface area (Å²) in [5.41, 5.74) is 0. The summed E-state index contributed by atoms with van der Waals surface area (Å²) in [6, 6.07) is 0. The summed E-state index contributed by atoms with van der Waals surface area (Å²) in [6.45, 7) is 2.15. The first-order valence-electron chi connectivity index (χ1n) is 6.07. The minimum atomic E-state index is -4.11. The Morgan fingerprint density at radius 3 is 2.12 bits per heavy atom. The molecular formula is C11H23KO4S. The third kappa shape index (κ3) is 17.5. The molecule has 0 aliphatic carbocycles. The average Bonchev–Trinajstić information content (AvgIpc) is 2.15. The molecule has 0 aromatic rings. The summed E-state index contributed by atoms with van der Waals surface area (Å²) in [4.78, 5) is 0. The number of aliphatic hydroxyl groups excluding tert-OH is 1. The molecule has 6 heteroatoms. The van der Waals surface area contributed by atoms with Gasteiger partial charge in [0.2, 0.25) is 0 Å². The summed E-state index contributed by atoms with van der Waals surface area (Å²) in [5.74, 6) is -0.361. The van der Waals surface area contributed by atoms with Gasteiger partial charge in [0.05, 0.1) is 16.2 Å². The van der Waals surface area contributed by atoms with E-state index < -0.39 is 16.2 Å². The second-order valence-corrected chi connectivity index (χ2v) is 5.78. The molecular weight excluding hydrogens is 267 g/mol. The first-order chi connectivity index (χ1) is 7.45. The van der Waals surface area contributed by atoms with E-state index in [1.807, 2.05) is 0 Å². The molecule has 1 unspecified atom stereocenters. The summed E-state index contributed by atoms with van der Waals surface area (Å²) in [5, 5.41) is 9.51. The number of unbranched alkanes of at least 4 members (excludes halogenated alkanes) is 4. The monoisotopic (exact) mass is 290 g/mol. The van der Waals surface area contributed by atoms with Crippen molar-refractivity contribution in [2.24, 2.45) is 0 Å². The van der Waals surface area contributed by atoms with Crippen LogP contribution >= 0.6 is 0 Å². The Kier molecular flexibility index (Phi) is 15.3. The normalized spacial score (nSPS) is 13.1. The van der Waals surface area contributed by atoms with Crippen LogP contribution in [0.2, 0.25) is 0 Å². The molecule has 1 N–H and O–H groups in total. The Balaban J connectivity index is 0. The van der Waals surface area contributed by atoms with Crippen molar-refractivity contribution in [3.63, 3.8) is 0 Å². The second kappa shape index (κ2) is 12.5. The molecule has 0 aliphatic rings. The Morgan fingerprint density at radius 2 is 1.59 bits per heavy atom. The molecule has 1 atom stereocenters. The third-order valence-corrected chi connectivity index (χ3v) is 3.36. The SMILES string of the molecule is CCCCCCCC(O)CCCS(=O)(=O)[O-].[K+]. The predicted octanol–water partition coefficient (Wildman–Crippen LogP) is -0.963. The maximum Gasteiger partial charge on any atom is 1.00 e. The molecule has 0 saturated heterocycles. The van der Waals surface area contributed by atoms with Gasteiger partial charge >= 0.3 is 51.4 Å². The van der Waals surface area contributed by atoms with Gasteiger partial charge in [-0.3, -0.25) is 0 Å². The molecule has 0 rings (SSSR count). The molecule has 0 aliphatic heterocycles. The zero-order valence-electron chi connectivity index (χ0n) is 11.0. The van der Waals surface area contributed by atoms with E-state index in [4.69, 9.17) is 0 Å². The van der Waals surface area contributed by atoms with E-state index in [0.29, 0.717) is 12.8 Å². The minimum Gasteiger partial charge on any atom is -0.748 e. The molecule has 0 aromatic heterocycles. The van der Waals surface area contributed by atoms with Crippen molar-refractivity contribution in [2.75, 3.05) is 5.75 Å². The molecule has 0 fully saturated rings. The van der Waals surface area contributed by atoms with Gasteiger partial charge in [-0.2, -0.15) is 0 Å². The maximum atomic E-state index is 10.3. The fraction of sp³-hybridized carbons (Fsp3) is 1.00. The van der Waals surface area contributed by atoms with E-state index in [-0.39, 0.29) is 63.6 Å². The van der Waals surface area contributed by atoms with Crippen LogP contribution in [0, 0.1) is 0 Å². The van der Waals surface area contributed by atoms with E-state index in [2.05, 4.69) is 6.92 Å². The van der Waals surface area contributed by atoms with Crippen molar-refractivity contribution in [1.82, 2.24) is 0 Å². The largest absolute Gasteiger partial charge is 1.00 e. The van der Waals surface area contributed by atoms with E-state index in [1.54, 1.807) is 0 Å². The van der Waals surface area contributed by atoms with Crippen molar-refractivity contribution in [3.8, 4) is 0 Å². The number of rotatable bonds is 10. The first kappa shape index (κ1) is 20.8. The summed E-state index contributed by atoms with van der Waals surface area (Å²) in [6.07, 6.45) is 6.64. The third-order valence-electron chi connectivity index (χ3n) is 2.57. The summed E-state index contributed by atoms with van der Waals surface area (Å²) >= 11 is 0. The molecule has 0 aromatic carbocycles. The number of aliphatic hydroxyl groups is 1. The van der Waals surface area contributed by atoms with Gasteiger partial charge in [-0.05, 0) is 19.3 Å². The van der Waals surface area contributed by atoms with E-state index in [1.165, 1.54) is 19.3 Å². The molecule has 0 heterocycles. The van der Waals surface area contributed by atoms with Crippen LogP contribution in [-0.4, -0.2) is 29.9 Å². The Hall–Kier alpha value is 1.51. The topological polar surface area (TPSA) is 77.4 Å². The van der Waals surface area contributed by atoms with Crippen LogP contribution in [0.5, 0.6) is 0 Å². The van der Waals surface area contributed by atoms with Crippen molar-refractivity contribution in [3.05, 3.63) is 0 Å². The van der Waals surface area contributed by atoms with Gasteiger partial charge in [0.15, 0.2) is 0 Å². The molecule has 4 nitrogen and oxygen atoms in total. The fourth-order valence-electron chi connectivity index (χ4n) is 1.62. The predicted molar refractivity (Wildman–Crippen MR) is 63.2 cm³/mol. The first-order valence-corrected chi connectivity index (χ1v) is 7.65. The molecule has 0 saturated carbocycles. The standard InChI is InChI=1S/C11H24O4S.K/c1-2-3-4-5-6-8-11(12)9-7-10-16(13,14)15;/h11-12H,2-10H2,1H3,(H,13,14,15);/q;+1/p-1. The van der Waals surface area contributed by atoms with Gasteiger partial charge in [-0.1, -0.05) is 39.0 Å². The molecule has 98 valence electrons. The van der Waals surface area contributed by atoms with Crippen molar-refractivity contribution in [2.45, 2.75) is 64.4 Å². The zero-order valence-corrected chi connectivity index (χ0v) is 15.0. The summed E-state index contributed by atoms with van der Waals surface area (Å²) < 4.78 is 30.9. The van der Waals surface area contributed by atoms with Crippen LogP contribution in [0.4, 0.5) is 0 Å². The number of hydrogen-bond donors (Lipinski definition) is 1. The van der Waals surface area contributed by atoms with Gasteiger partial charge in [0, 0.05) is 5.75 Å². The van der Waals surface area contributed by atoms with Crippen molar-refractivity contribution < 1.29 is 69.5 Å². The van der Waals surface area contributed by atoms with E-state index in [0.717, 1.165) is 12.8 Å². The van der Waals surface area contributed by atoms with Gasteiger partial charge in [0.25, 0.3) is 0 Å². The van der Waals surface area contributed by atoms with Crippen LogP contribution < -0.4 is 51.4 Å². The molecule has 0 radical (unpaired) electrons. The van der Waals surface area contributed by atoms with Gasteiger partial charge in [-0.15, -0.1) is 0 Å². The van der Waals surface area contributed by atoms with Crippen LogP contribution in [0.3, 0.4) is 0 Å². The quantitative estimate of drug-likeness (QED) is 0.319. The Morgan fingerprint density at radius 1 is 1.06 bits per heavy atom. The van der Waals surface area contributed by atoms with E-state index >= 15 is 0 Å². The molecule has 17 heavy (non-hydrogen) atoms. The van der Waals surface area contributed by atoms with Crippen molar-refractivity contribution in [1.29, 1.82) is 0 Å². The average molecular weight is 290 g/mol. The second-order valence-electron chi connectivity index (χ2n) is 4.26. The smallest absolute Gasteiger partial charge is 0.748 e. The van der Waals surface area contributed by atoms with Gasteiger partial charge in [-0.25, -0.2) is 8.42 Å². The van der Waals surface area contributed by atoms with E-state index in [9.17, 15) is 18.1 Å². The molecule has 0 amide bonds. The van der Waals surface area contributed by atoms with Crippen LogP contribution in [0.15, 0.2) is 0 Å². The molecule has 0 bridgehead atoms. The van der Waals surface area contributed by atoms with Crippen molar-refractivity contribution >= 4 is 10.1 Å². The number of hydrogen-bond acceptors (Lipinski definition) is 4. The van der Waals surface area contributed by atoms with Crippen LogP contribution in [-0.2, 0) is 10.1 Å². The Bertz CT molecular complexity index is 254. The maximum absolute atomic E-state index is 10.3. The minimum absolute atomic E-state index is 0. The zero-order chi connectivity index (χ0) is 12.4. The molecule has 0 spiro atoms.